The van der Waals surface area contributed by atoms with E-state index in [0.29, 0.717) is 50.1 Å². The number of nitrogens with one attached hydrogen (secondary N) is 3. The number of ketones is 2. The van der Waals surface area contributed by atoms with Crippen LogP contribution in [-0.4, -0.2) is 250 Å². The van der Waals surface area contributed by atoms with Crippen LogP contribution in [0.5, 0.6) is 5.75 Å². The van der Waals surface area contributed by atoms with E-state index in [9.17, 15) is 14.4 Å². The summed E-state index contributed by atoms with van der Waals surface area (Å²) in [6.45, 7) is 64.3. The first-order chi connectivity index (χ1) is 61.1. The minimum absolute atomic E-state index is 0. The molecule has 6 heterocycles. The number of benzene rings is 6. The molecule has 4 aliphatic rings. The maximum Gasteiger partial charge on any atom is 1.00 e. The number of carbonyl (C=O) groups excluding carboxylic acids is 2. The number of hydrogen-bond acceptors (Lipinski definition) is 21. The van der Waals surface area contributed by atoms with Gasteiger partial charge in [0.25, 0.3) is 0 Å². The Kier molecular flexibility index (Phi) is 54.6. The van der Waals surface area contributed by atoms with Gasteiger partial charge in [0, 0.05) is 120 Å². The summed E-state index contributed by atoms with van der Waals surface area (Å²) in [5.74, 6) is 4.23. The number of aromatic amines is 1. The average Bonchev–Trinajstić information content (AvgIpc) is 1.60. The normalized spacial score (nSPS) is 14.1. The van der Waals surface area contributed by atoms with Gasteiger partial charge < -0.3 is 59.8 Å². The zero-order valence-electron chi connectivity index (χ0n) is 82.3. The minimum Gasteiger partial charge on any atom is -0.870 e. The number of alkyl halides is 1. The van der Waals surface area contributed by atoms with Gasteiger partial charge >= 0.3 is 35.5 Å². The van der Waals surface area contributed by atoms with Crippen molar-refractivity contribution in [3.8, 4) is 28.5 Å². The summed E-state index contributed by atoms with van der Waals surface area (Å²) in [6, 6.07) is 30.8. The number of rotatable bonds is 30. The summed E-state index contributed by atoms with van der Waals surface area (Å²) < 4.78 is 32.2. The van der Waals surface area contributed by atoms with Gasteiger partial charge in [-0.05, 0) is 298 Å². The maximum atomic E-state index is 12.6. The molecule has 6 aromatic carbocycles. The number of Topliss-reactive ketones (excluding diaryl/α,β-unsaturated/α-hetero) is 2. The Labute approximate surface area is 833 Å². The number of aromatic nitrogens is 6. The summed E-state index contributed by atoms with van der Waals surface area (Å²) >= 11 is 19.9. The van der Waals surface area contributed by atoms with Crippen LogP contribution in [0.15, 0.2) is 96.2 Å². The smallest absolute Gasteiger partial charge is 0.870 e. The summed E-state index contributed by atoms with van der Waals surface area (Å²) in [5.41, 5.74) is 27.8. The van der Waals surface area contributed by atoms with Crippen molar-refractivity contribution in [2.75, 3.05) is 162 Å². The van der Waals surface area contributed by atoms with Gasteiger partial charge in [-0.2, -0.15) is 5.10 Å². The number of nitrogens with two attached hydrogens (primary N) is 1. The van der Waals surface area contributed by atoms with E-state index in [2.05, 4.69) is 236 Å². The number of halogens is 1. The largest absolute Gasteiger partial charge is 1.00 e. The van der Waals surface area contributed by atoms with Crippen molar-refractivity contribution in [2.45, 2.75) is 212 Å². The number of carbonyl (C=O) groups is 3. The van der Waals surface area contributed by atoms with Crippen molar-refractivity contribution in [1.29, 1.82) is 0 Å². The van der Waals surface area contributed by atoms with E-state index >= 15 is 0 Å². The number of para-hydroxylation sites is 1. The van der Waals surface area contributed by atoms with Crippen LogP contribution in [0.2, 0.25) is 0 Å². The number of ether oxygens (including phenoxy) is 5. The van der Waals surface area contributed by atoms with Gasteiger partial charge in [0.15, 0.2) is 43.3 Å². The van der Waals surface area contributed by atoms with Crippen LogP contribution in [0.3, 0.4) is 0 Å². The van der Waals surface area contributed by atoms with Crippen molar-refractivity contribution < 1.29 is 78.2 Å². The number of nitrogens with zero attached hydrogens (tertiary/aromatic N) is 9. The number of thiocarbonyl (C=S) groups is 2. The Hall–Kier alpha value is -6.11. The van der Waals surface area contributed by atoms with E-state index in [-0.39, 0.29) is 59.7 Å². The molecule has 0 saturated carbocycles. The van der Waals surface area contributed by atoms with Crippen molar-refractivity contribution in [1.82, 2.24) is 59.8 Å². The molecule has 2 aromatic heterocycles. The molecule has 0 unspecified atom stereocenters. The molecule has 130 heavy (non-hydrogen) atoms. The molecule has 7 N–H and O–H groups in total. The first-order valence-electron chi connectivity index (χ1n) is 45.6. The fraction of sp³-hybridized carbons (Fsp3) is 0.554. The molecule has 712 valence electrons. The zero-order chi connectivity index (χ0) is 94.3. The van der Waals surface area contributed by atoms with Crippen LogP contribution >= 0.6 is 71.0 Å². The number of aryl methyl sites for hydroxylation is 10. The Balaban J connectivity index is 0.000000330. The van der Waals surface area contributed by atoms with Gasteiger partial charge in [0.1, 0.15) is 5.75 Å². The van der Waals surface area contributed by atoms with Crippen molar-refractivity contribution in [3.05, 3.63) is 196 Å². The molecule has 0 amide bonds. The predicted molar refractivity (Wildman–Crippen MR) is 550 cm³/mol. The molecule has 0 bridgehead atoms. The molecule has 0 spiro atoms. The molecule has 29 heteroatoms. The van der Waals surface area contributed by atoms with E-state index < -0.39 is 5.97 Å². The van der Waals surface area contributed by atoms with Crippen LogP contribution < -0.4 is 50.7 Å². The number of aromatic carboxylic acids is 1. The van der Waals surface area contributed by atoms with Crippen LogP contribution in [0.1, 0.15) is 239 Å². The number of H-pyrrole nitrogens is 1. The summed E-state index contributed by atoms with van der Waals surface area (Å²) in [7, 11) is 0. The summed E-state index contributed by atoms with van der Waals surface area (Å²) in [4.78, 5) is 46.8. The second-order valence-electron chi connectivity index (χ2n) is 34.9. The number of morpholine rings is 4. The third-order valence-electron chi connectivity index (χ3n) is 23.4. The quantitative estimate of drug-likeness (QED) is 0.00532. The van der Waals surface area contributed by atoms with E-state index in [4.69, 9.17) is 71.2 Å². The topological polar surface area (TPSA) is 275 Å². The van der Waals surface area contributed by atoms with Crippen molar-refractivity contribution >= 4 is 98.7 Å². The monoisotopic (exact) mass is 1980 g/mol. The van der Waals surface area contributed by atoms with Gasteiger partial charge in [-0.15, -0.1) is 10.2 Å². The van der Waals surface area contributed by atoms with Gasteiger partial charge in [-0.3, -0.25) is 34.3 Å². The van der Waals surface area contributed by atoms with Crippen LogP contribution in [0.25, 0.3) is 22.8 Å². The Morgan fingerprint density at radius 2 is 0.846 bits per heavy atom. The standard InChI is InChI=1S/C21H32N4OS.C21H33N3O2S.C20H30N4OS.C13H17NO2S.C13H19NO.C12H16O2.CH3I.Na.H2O/c1-15(2)18-14-19(17(4)13-16(18)3)20-22-23-21(27-5)25(20)8-6-7-24-9-11-26-12-10-24;1-15(2)18-13-19(17(4)12-16(18)3)20(25)14-23-21(27)22-6-5-7-24-8-10-26-11-9-24;1-14(2)17-13-18(16(4)12-15(17)3)19-21-22-20(26)24(19)7-5-6-23-8-10-25-11-9-23;17-13(16-12-4-2-1-3-5-12)6-7-14-8-10-15-11-9-14;1-8(2)11-6-12(13(15)7-14)10(4)5-9(11)3;1-7(2)10-6-11(12(13)14)9(4)5-8(10)3;1-2;;/h13-15H,6-12H2,1-5H3;12-13,15H,5-11,14H2,1-4H3,(H2,22,23,27);12-14H,5-11H2,1-4H3,(H,22,26);1-5H,6-11H2;5-6,8H,7,14H2,1-4H3;5-7H,1-4H3,(H,13,14);1H3;;1H2/q;;;;;;;+1;/p-1. The molecular formula is C101H151IN13NaO10S4. The van der Waals surface area contributed by atoms with Crippen LogP contribution in [0.4, 0.5) is 0 Å². The van der Waals surface area contributed by atoms with E-state index in [1.807, 2.05) is 81.2 Å². The predicted octanol–water partition coefficient (Wildman–Crippen LogP) is 16.7. The van der Waals surface area contributed by atoms with Gasteiger partial charge in [-0.25, -0.2) is 4.79 Å². The first kappa shape index (κ1) is 116. The molecule has 4 saturated heterocycles. The fourth-order valence-corrected chi connectivity index (χ4v) is 17.5. The Morgan fingerprint density at radius 1 is 0.485 bits per heavy atom. The van der Waals surface area contributed by atoms with Crippen LogP contribution in [0, 0.1) is 74.0 Å². The first-order valence-corrected chi connectivity index (χ1v) is 50.3. The van der Waals surface area contributed by atoms with Gasteiger partial charge in [-0.1, -0.05) is 152 Å². The molecule has 4 aliphatic heterocycles. The third kappa shape index (κ3) is 37.9. The SMILES string of the molecule is CI.CSc1nnc(-c2cc(C(C)C)c(C)cc2C)n1CCCN1CCOCC1.Cc1cc(C)c(C(C)C)cc1-c1n[nH]c(=S)n1CCCN1CCOCC1.Cc1cc(C)c(C(C)C)cc1C(=O)CN.Cc1cc(C)c(C(C)C)cc1C(=O)CNC(=S)NCCCN1CCOCC1.Cc1cc(C)c(C(C)C)cc1C(=O)O.S=C(CCN1CCOCC1)Oc1ccccc1.[Na+].[OH-]. The molecule has 0 radical (unpaired) electrons. The zero-order valence-corrected chi connectivity index (χ0v) is 89.8. The van der Waals surface area contributed by atoms with E-state index in [1.165, 1.54) is 72.3 Å². The Bertz CT molecular complexity index is 4860. The number of carboxylic acid groups (broad SMARTS) is 1. The second-order valence-corrected chi connectivity index (χ2v) is 37.0. The second kappa shape index (κ2) is 61.1. The van der Waals surface area contributed by atoms with Crippen molar-refractivity contribution in [3.63, 3.8) is 0 Å². The van der Waals surface area contributed by atoms with Crippen LogP contribution in [-0.2, 0) is 32.0 Å². The molecule has 8 aromatic rings. The van der Waals surface area contributed by atoms with E-state index in [0.717, 1.165) is 233 Å². The Morgan fingerprint density at radius 3 is 1.25 bits per heavy atom. The van der Waals surface area contributed by atoms with Gasteiger partial charge in [0.05, 0.1) is 71.5 Å². The molecule has 4 fully saturated rings. The number of hydrogen-bond donors (Lipinski definition) is 5. The minimum atomic E-state index is -0.843. The molecule has 23 nitrogen and oxygen atoms in total. The van der Waals surface area contributed by atoms with Gasteiger partial charge in [0.2, 0.25) is 0 Å². The summed E-state index contributed by atoms with van der Waals surface area (Å²) in [6.07, 6.45) is 6.05. The molecule has 12 rings (SSSR count). The molecule has 0 atom stereocenters. The van der Waals surface area contributed by atoms with E-state index in [1.54, 1.807) is 17.8 Å². The number of carboxylic acids is 1. The average molecular weight is 1990 g/mol. The third-order valence-corrected chi connectivity index (χ3v) is 25.0. The summed E-state index contributed by atoms with van der Waals surface area (Å²) in [5, 5.41) is 34.0. The number of thioether (sulfide) groups is 1. The molecular weight excluding hydrogens is 1830 g/mol. The van der Waals surface area contributed by atoms with Crippen molar-refractivity contribution in [2.24, 2.45) is 5.73 Å². The fourth-order valence-electron chi connectivity index (χ4n) is 16.4. The molecule has 0 aliphatic carbocycles. The maximum absolute atomic E-state index is 12.6.